The number of nitrogens with one attached hydrogen (secondary N) is 2. The molecule has 7 heteroatoms. The Labute approximate surface area is 129 Å². The molecule has 0 aliphatic rings. The second kappa shape index (κ2) is 8.87. The fourth-order valence-electron chi connectivity index (χ4n) is 1.59. The standard InChI is InChI=1S/C13H20Cl2N4O/c1-2-6-17-12-9(14)8-10(15)13(19-12)18-7-4-3-5-11(16)20/h8H,2-7H2,1H3,(H2,16,20)(H2,17,18,19). The molecule has 0 fully saturated rings. The number of unbranched alkanes of at least 4 members (excludes halogenated alkanes) is 1. The summed E-state index contributed by atoms with van der Waals surface area (Å²) in [6.07, 6.45) is 2.94. The molecule has 0 atom stereocenters. The van der Waals surface area contributed by atoms with Gasteiger partial charge in [0.15, 0.2) is 0 Å². The second-order valence-electron chi connectivity index (χ2n) is 4.43. The van der Waals surface area contributed by atoms with E-state index in [-0.39, 0.29) is 5.91 Å². The summed E-state index contributed by atoms with van der Waals surface area (Å²) in [6.45, 7) is 3.54. The van der Waals surface area contributed by atoms with Crippen LogP contribution in [0, 0.1) is 0 Å². The highest BCUT2D eigenvalue weighted by atomic mass is 35.5. The maximum Gasteiger partial charge on any atom is 0.217 e. The Morgan fingerprint density at radius 3 is 2.35 bits per heavy atom. The van der Waals surface area contributed by atoms with Gasteiger partial charge in [-0.15, -0.1) is 0 Å². The van der Waals surface area contributed by atoms with Gasteiger partial charge in [-0.25, -0.2) is 4.98 Å². The van der Waals surface area contributed by atoms with Gasteiger partial charge in [0.2, 0.25) is 5.91 Å². The predicted molar refractivity (Wildman–Crippen MR) is 84.6 cm³/mol. The van der Waals surface area contributed by atoms with Crippen LogP contribution in [-0.2, 0) is 4.79 Å². The quantitative estimate of drug-likeness (QED) is 0.610. The Morgan fingerprint density at radius 1 is 1.20 bits per heavy atom. The van der Waals surface area contributed by atoms with Crippen molar-refractivity contribution in [2.45, 2.75) is 32.6 Å². The van der Waals surface area contributed by atoms with Gasteiger partial charge in [-0.1, -0.05) is 30.1 Å². The van der Waals surface area contributed by atoms with E-state index >= 15 is 0 Å². The number of rotatable bonds is 9. The first kappa shape index (κ1) is 16.9. The zero-order chi connectivity index (χ0) is 15.0. The molecule has 4 N–H and O–H groups in total. The fourth-order valence-corrected chi connectivity index (χ4v) is 2.08. The Hall–Kier alpha value is -1.20. The Morgan fingerprint density at radius 2 is 1.80 bits per heavy atom. The maximum atomic E-state index is 10.6. The molecule has 1 aromatic heterocycles. The van der Waals surface area contributed by atoms with E-state index in [1.807, 2.05) is 0 Å². The summed E-state index contributed by atoms with van der Waals surface area (Å²) < 4.78 is 0. The zero-order valence-electron chi connectivity index (χ0n) is 11.5. The molecule has 0 saturated heterocycles. The van der Waals surface area contributed by atoms with Gasteiger partial charge in [-0.2, -0.15) is 0 Å². The van der Waals surface area contributed by atoms with Crippen LogP contribution < -0.4 is 16.4 Å². The van der Waals surface area contributed by atoms with Crippen LogP contribution in [-0.4, -0.2) is 24.0 Å². The van der Waals surface area contributed by atoms with E-state index < -0.39 is 0 Å². The molecule has 0 bridgehead atoms. The number of amides is 1. The number of anilines is 2. The van der Waals surface area contributed by atoms with Gasteiger partial charge in [-0.05, 0) is 25.3 Å². The number of aromatic nitrogens is 1. The Kier molecular flexibility index (Phi) is 7.47. The lowest BCUT2D eigenvalue weighted by atomic mass is 10.2. The van der Waals surface area contributed by atoms with Crippen molar-refractivity contribution in [2.75, 3.05) is 23.7 Å². The molecule has 5 nitrogen and oxygen atoms in total. The number of carbonyl (C=O) groups is 1. The molecule has 0 unspecified atom stereocenters. The Balaban J connectivity index is 2.53. The minimum absolute atomic E-state index is 0.279. The molecular weight excluding hydrogens is 299 g/mol. The van der Waals surface area contributed by atoms with Gasteiger partial charge in [0.1, 0.15) is 11.6 Å². The highest BCUT2D eigenvalue weighted by molar-refractivity contribution is 6.37. The summed E-state index contributed by atoms with van der Waals surface area (Å²) in [4.78, 5) is 15.0. The minimum atomic E-state index is -0.279. The summed E-state index contributed by atoms with van der Waals surface area (Å²) in [6, 6.07) is 1.67. The third-order valence-electron chi connectivity index (χ3n) is 2.61. The molecule has 0 saturated carbocycles. The number of hydrogen-bond acceptors (Lipinski definition) is 4. The number of nitrogens with zero attached hydrogens (tertiary/aromatic N) is 1. The van der Waals surface area contributed by atoms with E-state index in [0.29, 0.717) is 34.6 Å². The van der Waals surface area contributed by atoms with Crippen LogP contribution in [0.5, 0.6) is 0 Å². The molecular formula is C13H20Cl2N4O. The fraction of sp³-hybridized carbons (Fsp3) is 0.538. The molecule has 0 aromatic carbocycles. The first-order chi connectivity index (χ1) is 9.54. The normalized spacial score (nSPS) is 10.3. The highest BCUT2D eigenvalue weighted by Gasteiger charge is 2.08. The Bertz CT molecular complexity index is 454. The largest absolute Gasteiger partial charge is 0.370 e. The average Bonchev–Trinajstić information content (AvgIpc) is 2.39. The van der Waals surface area contributed by atoms with Crippen molar-refractivity contribution < 1.29 is 4.79 Å². The smallest absolute Gasteiger partial charge is 0.217 e. The van der Waals surface area contributed by atoms with E-state index in [4.69, 9.17) is 28.9 Å². The van der Waals surface area contributed by atoms with Crippen molar-refractivity contribution in [1.82, 2.24) is 4.98 Å². The van der Waals surface area contributed by atoms with Crippen molar-refractivity contribution in [2.24, 2.45) is 5.73 Å². The zero-order valence-corrected chi connectivity index (χ0v) is 13.0. The minimum Gasteiger partial charge on any atom is -0.370 e. The highest BCUT2D eigenvalue weighted by Crippen LogP contribution is 2.29. The third kappa shape index (κ3) is 5.84. The number of carbonyl (C=O) groups excluding carboxylic acids is 1. The number of pyridine rings is 1. The van der Waals surface area contributed by atoms with Gasteiger partial charge >= 0.3 is 0 Å². The monoisotopic (exact) mass is 318 g/mol. The van der Waals surface area contributed by atoms with Gasteiger partial charge in [0.05, 0.1) is 10.0 Å². The van der Waals surface area contributed by atoms with Crippen LogP contribution in [0.2, 0.25) is 10.0 Å². The molecule has 20 heavy (non-hydrogen) atoms. The summed E-state index contributed by atoms with van der Waals surface area (Å²) in [5.41, 5.74) is 5.08. The van der Waals surface area contributed by atoms with E-state index in [9.17, 15) is 4.79 Å². The average molecular weight is 319 g/mol. The summed E-state index contributed by atoms with van der Waals surface area (Å²) in [7, 11) is 0. The summed E-state index contributed by atoms with van der Waals surface area (Å²) >= 11 is 12.2. The van der Waals surface area contributed by atoms with E-state index in [2.05, 4.69) is 22.5 Å². The number of primary amides is 1. The molecule has 0 spiro atoms. The van der Waals surface area contributed by atoms with Crippen LogP contribution in [0.25, 0.3) is 0 Å². The molecule has 1 rings (SSSR count). The molecule has 0 radical (unpaired) electrons. The van der Waals surface area contributed by atoms with E-state index in [0.717, 1.165) is 25.8 Å². The van der Waals surface area contributed by atoms with Crippen molar-refractivity contribution in [3.63, 3.8) is 0 Å². The number of hydrogen-bond donors (Lipinski definition) is 3. The summed E-state index contributed by atoms with van der Waals surface area (Å²) in [5.74, 6) is 0.935. The molecule has 1 heterocycles. The number of halogens is 2. The molecule has 112 valence electrons. The van der Waals surface area contributed by atoms with Crippen LogP contribution in [0.3, 0.4) is 0 Å². The van der Waals surface area contributed by atoms with Crippen molar-refractivity contribution >= 4 is 40.7 Å². The number of nitrogens with two attached hydrogens (primary N) is 1. The predicted octanol–water partition coefficient (Wildman–Crippen LogP) is 3.28. The van der Waals surface area contributed by atoms with Gasteiger partial charge in [0.25, 0.3) is 0 Å². The molecule has 1 aromatic rings. The molecule has 1 amide bonds. The van der Waals surface area contributed by atoms with E-state index in [1.54, 1.807) is 6.07 Å². The van der Waals surface area contributed by atoms with Crippen molar-refractivity contribution in [1.29, 1.82) is 0 Å². The summed E-state index contributed by atoms with van der Waals surface area (Å²) in [5, 5.41) is 7.26. The lowest BCUT2D eigenvalue weighted by molar-refractivity contribution is -0.118. The van der Waals surface area contributed by atoms with Gasteiger partial charge < -0.3 is 16.4 Å². The van der Waals surface area contributed by atoms with Crippen LogP contribution in [0.15, 0.2) is 6.07 Å². The van der Waals surface area contributed by atoms with Crippen LogP contribution in [0.1, 0.15) is 32.6 Å². The van der Waals surface area contributed by atoms with Crippen molar-refractivity contribution in [3.05, 3.63) is 16.1 Å². The molecule has 0 aliphatic heterocycles. The lowest BCUT2D eigenvalue weighted by Crippen LogP contribution is -2.11. The van der Waals surface area contributed by atoms with Crippen molar-refractivity contribution in [3.8, 4) is 0 Å². The maximum absolute atomic E-state index is 10.6. The van der Waals surface area contributed by atoms with Gasteiger partial charge in [-0.3, -0.25) is 4.79 Å². The van der Waals surface area contributed by atoms with Crippen LogP contribution >= 0.6 is 23.2 Å². The first-order valence-corrected chi connectivity index (χ1v) is 7.42. The molecule has 0 aliphatic carbocycles. The third-order valence-corrected chi connectivity index (χ3v) is 3.19. The second-order valence-corrected chi connectivity index (χ2v) is 5.24. The van der Waals surface area contributed by atoms with Crippen LogP contribution in [0.4, 0.5) is 11.6 Å². The lowest BCUT2D eigenvalue weighted by Gasteiger charge is -2.12. The van der Waals surface area contributed by atoms with Gasteiger partial charge in [0, 0.05) is 19.5 Å². The topological polar surface area (TPSA) is 80.0 Å². The first-order valence-electron chi connectivity index (χ1n) is 6.66. The van der Waals surface area contributed by atoms with E-state index in [1.165, 1.54) is 0 Å². The SMILES string of the molecule is CCCNc1nc(NCCCCC(N)=O)c(Cl)cc1Cl.